The molecule has 8 rings (SSSR count). The van der Waals surface area contributed by atoms with Crippen LogP contribution in [0.15, 0.2) is 70.5 Å². The number of halogens is 4. The molecule has 20 nitrogen and oxygen atoms in total. The molecule has 0 bridgehead atoms. The minimum Gasteiger partial charge on any atom is -0.483 e. The standard InChI is InChI=1S/C54H64Cl2F2N10O10S2/c55-37-25-35(31-59)43-5-9-49(45(43)27-37)77-51-7-3-41(29-47(51)57)79(71,72)65-39-11-17-67(33-39)19-23-75-21-15-63-53(69)61-13-1-2-14-62-54(70)64-16-22-76-24-20-68-18-12-40(34-68)66-80(73,74)42-4-8-52(48(58)30-42)78-50-10-6-44-36(32-60)26-38(56)28-46(44)50/h3-4,7-8,25-30,39-40,49-50,65-66H,1-2,5-6,9-24,33-34H2,(H2,61,63,69)(H2,62,64,70)/t39-,40-,49-,50-/m1/s1. The maximum atomic E-state index is 15.2. The van der Waals surface area contributed by atoms with Gasteiger partial charge >= 0.3 is 12.1 Å². The highest BCUT2D eigenvalue weighted by Crippen LogP contribution is 2.41. The quantitative estimate of drug-likeness (QED) is 0.0376. The second-order valence-electron chi connectivity index (χ2n) is 19.9. The van der Waals surface area contributed by atoms with Crippen molar-refractivity contribution in [1.82, 2.24) is 40.5 Å². The molecule has 2 saturated heterocycles. The van der Waals surface area contributed by atoms with E-state index in [1.165, 1.54) is 24.3 Å². The second kappa shape index (κ2) is 28.2. The second-order valence-corrected chi connectivity index (χ2v) is 24.2. The molecule has 80 heavy (non-hydrogen) atoms. The number of hydrogen-bond acceptors (Lipinski definition) is 14. The first kappa shape index (κ1) is 60.2. The smallest absolute Gasteiger partial charge is 0.314 e. The topological polar surface area (TPSA) is 266 Å². The van der Waals surface area contributed by atoms with Crippen molar-refractivity contribution in [3.05, 3.63) is 116 Å². The molecule has 2 fully saturated rings. The summed E-state index contributed by atoms with van der Waals surface area (Å²) >= 11 is 12.4. The summed E-state index contributed by atoms with van der Waals surface area (Å²) in [6.45, 7) is 5.99. The molecule has 0 spiro atoms. The summed E-state index contributed by atoms with van der Waals surface area (Å²) in [6, 6.07) is 16.5. The van der Waals surface area contributed by atoms with Crippen molar-refractivity contribution in [1.29, 1.82) is 10.5 Å². The molecule has 6 N–H and O–H groups in total. The minimum atomic E-state index is -4.03. The van der Waals surface area contributed by atoms with Crippen LogP contribution in [-0.4, -0.2) is 143 Å². The molecule has 2 aliphatic carbocycles. The van der Waals surface area contributed by atoms with Crippen molar-refractivity contribution < 1.29 is 54.2 Å². The Morgan fingerprint density at radius 2 is 1.00 bits per heavy atom. The molecule has 4 aromatic rings. The van der Waals surface area contributed by atoms with E-state index in [1.54, 1.807) is 24.3 Å². The molecule has 2 heterocycles. The summed E-state index contributed by atoms with van der Waals surface area (Å²) in [5, 5.41) is 30.7. The van der Waals surface area contributed by atoms with Crippen molar-refractivity contribution in [3.63, 3.8) is 0 Å². The molecule has 0 aromatic heterocycles. The Morgan fingerprint density at radius 1 is 0.588 bits per heavy atom. The van der Waals surface area contributed by atoms with Gasteiger partial charge in [-0.2, -0.15) is 10.5 Å². The first-order chi connectivity index (χ1) is 38.5. The third-order valence-electron chi connectivity index (χ3n) is 14.2. The van der Waals surface area contributed by atoms with Gasteiger partial charge in [-0.25, -0.2) is 44.6 Å². The predicted molar refractivity (Wildman–Crippen MR) is 293 cm³/mol. The Hall–Kier alpha value is -5.90. The van der Waals surface area contributed by atoms with E-state index in [-0.39, 0.29) is 71.7 Å². The van der Waals surface area contributed by atoms with Crippen LogP contribution in [0.5, 0.6) is 11.5 Å². The number of likely N-dealkylation sites (tertiary alicyclic amines) is 2. The number of urea groups is 2. The molecule has 430 valence electrons. The molecule has 0 radical (unpaired) electrons. The number of carbonyl (C=O) groups is 2. The van der Waals surface area contributed by atoms with E-state index in [2.05, 4.69) is 52.6 Å². The van der Waals surface area contributed by atoms with Crippen molar-refractivity contribution >= 4 is 55.3 Å². The fraction of sp³-hybridized carbons (Fsp3) is 0.481. The van der Waals surface area contributed by atoms with Crippen molar-refractivity contribution in [2.75, 3.05) is 91.9 Å². The molecule has 4 aliphatic rings. The van der Waals surface area contributed by atoms with E-state index in [4.69, 9.17) is 42.1 Å². The Morgan fingerprint density at radius 3 is 1.40 bits per heavy atom. The number of carbonyl (C=O) groups excluding carboxylic acids is 2. The molecule has 4 aromatic carbocycles. The zero-order valence-corrected chi connectivity index (χ0v) is 47.0. The summed E-state index contributed by atoms with van der Waals surface area (Å²) in [7, 11) is -8.05. The average Bonchev–Trinajstić information content (AvgIpc) is 4.25. The molecule has 4 atom stereocenters. The summed E-state index contributed by atoms with van der Waals surface area (Å²) in [4.78, 5) is 28.1. The van der Waals surface area contributed by atoms with E-state index in [0.29, 0.717) is 138 Å². The highest BCUT2D eigenvalue weighted by Gasteiger charge is 2.33. The number of nitrogens with one attached hydrogen (secondary N) is 6. The lowest BCUT2D eigenvalue weighted by Crippen LogP contribution is -2.39. The SMILES string of the molecule is N#Cc1cc(Cl)cc2c1CC[C@H]2Oc1ccc(S(=O)(=O)N[C@@H]2CCN(CCOCCNC(=O)NCCCCNC(=O)NCCOCCN3CC[C@@H](NS(=O)(=O)c4ccc(O[C@@H]5CCc6c(C#N)cc(Cl)cc65)c(F)c4)C3)C2)cc1F. The van der Waals surface area contributed by atoms with E-state index in [0.717, 1.165) is 34.4 Å². The summed E-state index contributed by atoms with van der Waals surface area (Å²) in [5.74, 6) is -1.83. The Bertz CT molecular complexity index is 2980. The normalized spacial score (nSPS) is 19.0. The van der Waals surface area contributed by atoms with Gasteiger partial charge in [0.15, 0.2) is 23.1 Å². The largest absolute Gasteiger partial charge is 0.483 e. The first-order valence-electron chi connectivity index (χ1n) is 26.5. The number of rotatable bonds is 27. The van der Waals surface area contributed by atoms with Gasteiger partial charge < -0.3 is 40.2 Å². The summed E-state index contributed by atoms with van der Waals surface area (Å²) < 4.78 is 112. The summed E-state index contributed by atoms with van der Waals surface area (Å²) in [6.07, 6.45) is 3.56. The van der Waals surface area contributed by atoms with Crippen molar-refractivity contribution in [3.8, 4) is 23.6 Å². The molecule has 0 saturated carbocycles. The number of sulfonamides is 2. The van der Waals surface area contributed by atoms with Gasteiger partial charge in [0.2, 0.25) is 20.0 Å². The molecule has 0 unspecified atom stereocenters. The zero-order valence-electron chi connectivity index (χ0n) is 43.8. The Labute approximate surface area is 474 Å². The molecule has 26 heteroatoms. The number of benzene rings is 4. The van der Waals surface area contributed by atoms with Gasteiger partial charge in [0.05, 0.1) is 59.5 Å². The Balaban J connectivity index is 0.596. The van der Waals surface area contributed by atoms with Crippen LogP contribution in [0.4, 0.5) is 18.4 Å². The molecular weight excluding hydrogens is 1120 g/mol. The van der Waals surface area contributed by atoms with Gasteiger partial charge in [-0.15, -0.1) is 0 Å². The molecular formula is C54H64Cl2F2N10O10S2. The maximum absolute atomic E-state index is 15.2. The lowest BCUT2D eigenvalue weighted by atomic mass is 10.0. The monoisotopic (exact) mass is 1180 g/mol. The van der Waals surface area contributed by atoms with E-state index >= 15 is 8.78 Å². The van der Waals surface area contributed by atoms with Crippen molar-refractivity contribution in [2.45, 2.75) is 85.4 Å². The van der Waals surface area contributed by atoms with E-state index < -0.39 is 43.9 Å². The van der Waals surface area contributed by atoms with Crippen LogP contribution in [0.1, 0.15) is 84.1 Å². The number of ether oxygens (including phenoxy) is 4. The number of nitrogens with zero attached hydrogens (tertiary/aromatic N) is 4. The van der Waals surface area contributed by atoms with Gasteiger partial charge in [0.1, 0.15) is 12.2 Å². The number of hydrogen-bond donors (Lipinski definition) is 6. The Kier molecular flexibility index (Phi) is 21.2. The number of nitriles is 2. The lowest BCUT2D eigenvalue weighted by molar-refractivity contribution is 0.113. The minimum absolute atomic E-state index is 0.0965. The molecule has 4 amide bonds. The van der Waals surface area contributed by atoms with Crippen LogP contribution in [0.25, 0.3) is 0 Å². The molecule has 2 aliphatic heterocycles. The highest BCUT2D eigenvalue weighted by atomic mass is 35.5. The van der Waals surface area contributed by atoms with Crippen LogP contribution in [0.3, 0.4) is 0 Å². The summed E-state index contributed by atoms with van der Waals surface area (Å²) in [5.41, 5.74) is 3.98. The third-order valence-corrected chi connectivity index (χ3v) is 17.7. The van der Waals surface area contributed by atoms with Gasteiger partial charge in [-0.3, -0.25) is 9.80 Å². The highest BCUT2D eigenvalue weighted by molar-refractivity contribution is 7.89. The fourth-order valence-electron chi connectivity index (χ4n) is 10.2. The van der Waals surface area contributed by atoms with Crippen LogP contribution in [0.2, 0.25) is 10.0 Å². The predicted octanol–water partition coefficient (Wildman–Crippen LogP) is 5.96. The van der Waals surface area contributed by atoms with Crippen LogP contribution in [0, 0.1) is 34.3 Å². The van der Waals surface area contributed by atoms with Gasteiger partial charge in [-0.1, -0.05) is 23.2 Å². The zero-order chi connectivity index (χ0) is 56.8. The van der Waals surface area contributed by atoms with Crippen LogP contribution in [-0.2, 0) is 42.4 Å². The van der Waals surface area contributed by atoms with E-state index in [1.807, 2.05) is 0 Å². The number of amides is 4. The average molecular weight is 1190 g/mol. The van der Waals surface area contributed by atoms with E-state index in [9.17, 15) is 36.9 Å². The number of unbranched alkanes of at least 4 members (excludes halogenated alkanes) is 1. The van der Waals surface area contributed by atoms with Crippen LogP contribution < -0.4 is 40.2 Å². The third kappa shape index (κ3) is 16.4. The van der Waals surface area contributed by atoms with Gasteiger partial charge in [-0.05, 0) is 147 Å². The van der Waals surface area contributed by atoms with Crippen molar-refractivity contribution in [2.24, 2.45) is 0 Å². The van der Waals surface area contributed by atoms with Gasteiger partial charge in [0, 0.05) is 74.5 Å². The first-order valence-corrected chi connectivity index (χ1v) is 30.3. The number of fused-ring (bicyclic) bond motifs is 2. The maximum Gasteiger partial charge on any atom is 0.314 e. The van der Waals surface area contributed by atoms with Gasteiger partial charge in [0.25, 0.3) is 0 Å². The lowest BCUT2D eigenvalue weighted by Gasteiger charge is -2.18. The fourth-order valence-corrected chi connectivity index (χ4v) is 13.2. The van der Waals surface area contributed by atoms with Crippen LogP contribution >= 0.6 is 23.2 Å².